The van der Waals surface area contributed by atoms with Crippen molar-refractivity contribution >= 4 is 23.3 Å². The van der Waals surface area contributed by atoms with Gasteiger partial charge in [0.15, 0.2) is 0 Å². The molecule has 1 aromatic carbocycles. The number of halogens is 1. The SMILES string of the molecule is CCCc1cc(=O)[nH]c(-n2nc(C)cc2NC(=O)c2ccccc2Cl)n1. The van der Waals surface area contributed by atoms with Crippen LogP contribution >= 0.6 is 11.6 Å². The maximum absolute atomic E-state index is 12.5. The van der Waals surface area contributed by atoms with E-state index in [2.05, 4.69) is 20.4 Å². The minimum absolute atomic E-state index is 0.253. The fourth-order valence-corrected chi connectivity index (χ4v) is 2.78. The van der Waals surface area contributed by atoms with Gasteiger partial charge in [0.25, 0.3) is 11.5 Å². The van der Waals surface area contributed by atoms with E-state index in [4.69, 9.17) is 11.6 Å². The van der Waals surface area contributed by atoms with Crippen LogP contribution in [-0.4, -0.2) is 25.7 Å². The van der Waals surface area contributed by atoms with Gasteiger partial charge in [0.2, 0.25) is 5.95 Å². The van der Waals surface area contributed by atoms with Gasteiger partial charge in [0, 0.05) is 17.8 Å². The maximum Gasteiger partial charge on any atom is 0.258 e. The van der Waals surface area contributed by atoms with Gasteiger partial charge in [-0.1, -0.05) is 37.1 Å². The van der Waals surface area contributed by atoms with Gasteiger partial charge in [-0.05, 0) is 25.5 Å². The Morgan fingerprint density at radius 2 is 2.08 bits per heavy atom. The Morgan fingerprint density at radius 3 is 2.81 bits per heavy atom. The van der Waals surface area contributed by atoms with Crippen molar-refractivity contribution in [1.29, 1.82) is 0 Å². The van der Waals surface area contributed by atoms with Crippen LogP contribution in [0.5, 0.6) is 0 Å². The molecule has 1 amide bonds. The summed E-state index contributed by atoms with van der Waals surface area (Å²) in [6.45, 7) is 3.80. The lowest BCUT2D eigenvalue weighted by molar-refractivity contribution is 0.102. The first-order valence-corrected chi connectivity index (χ1v) is 8.59. The largest absolute Gasteiger partial charge is 0.306 e. The van der Waals surface area contributed by atoms with Crippen molar-refractivity contribution < 1.29 is 4.79 Å². The zero-order valence-electron chi connectivity index (χ0n) is 14.4. The Balaban J connectivity index is 1.98. The number of aryl methyl sites for hydroxylation is 2. The number of aromatic nitrogens is 4. The van der Waals surface area contributed by atoms with Gasteiger partial charge in [-0.15, -0.1) is 0 Å². The van der Waals surface area contributed by atoms with Crippen LogP contribution in [0.3, 0.4) is 0 Å². The van der Waals surface area contributed by atoms with E-state index in [1.165, 1.54) is 10.7 Å². The molecule has 0 aliphatic heterocycles. The standard InChI is InChI=1S/C18H18ClN5O2/c1-3-6-12-10-16(25)22-18(20-12)24-15(9-11(2)23-24)21-17(26)13-7-4-5-8-14(13)19/h4-5,7-10H,3,6H2,1-2H3,(H,21,26)(H,20,22,25). The highest BCUT2D eigenvalue weighted by Crippen LogP contribution is 2.19. The normalized spacial score (nSPS) is 10.7. The number of amides is 1. The van der Waals surface area contributed by atoms with E-state index >= 15 is 0 Å². The Morgan fingerprint density at radius 1 is 1.31 bits per heavy atom. The Hall–Kier alpha value is -2.93. The molecule has 3 rings (SSSR count). The Labute approximate surface area is 155 Å². The van der Waals surface area contributed by atoms with E-state index in [1.54, 1.807) is 37.3 Å². The average molecular weight is 372 g/mol. The third kappa shape index (κ3) is 3.83. The van der Waals surface area contributed by atoms with Gasteiger partial charge in [-0.2, -0.15) is 9.78 Å². The molecule has 8 heteroatoms. The highest BCUT2D eigenvalue weighted by atomic mass is 35.5. The summed E-state index contributed by atoms with van der Waals surface area (Å²) in [5, 5.41) is 7.45. The molecule has 0 aliphatic carbocycles. The lowest BCUT2D eigenvalue weighted by atomic mass is 10.2. The van der Waals surface area contributed by atoms with Crippen molar-refractivity contribution in [3.8, 4) is 5.95 Å². The molecule has 0 saturated heterocycles. The van der Waals surface area contributed by atoms with E-state index < -0.39 is 0 Å². The minimum Gasteiger partial charge on any atom is -0.306 e. The zero-order valence-corrected chi connectivity index (χ0v) is 15.2. The monoisotopic (exact) mass is 371 g/mol. The van der Waals surface area contributed by atoms with Crippen LogP contribution in [0.2, 0.25) is 5.02 Å². The number of carbonyl (C=O) groups is 1. The van der Waals surface area contributed by atoms with Gasteiger partial charge in [0.1, 0.15) is 5.82 Å². The van der Waals surface area contributed by atoms with Crippen LogP contribution in [0.15, 0.2) is 41.2 Å². The number of rotatable bonds is 5. The predicted molar refractivity (Wildman–Crippen MR) is 100 cm³/mol. The summed E-state index contributed by atoms with van der Waals surface area (Å²) < 4.78 is 1.41. The first-order chi connectivity index (χ1) is 12.5. The van der Waals surface area contributed by atoms with Gasteiger partial charge in [0.05, 0.1) is 16.3 Å². The third-order valence-electron chi connectivity index (χ3n) is 3.68. The zero-order chi connectivity index (χ0) is 18.7. The average Bonchev–Trinajstić information content (AvgIpc) is 2.95. The maximum atomic E-state index is 12.5. The van der Waals surface area contributed by atoms with Gasteiger partial charge in [-0.25, -0.2) is 4.98 Å². The quantitative estimate of drug-likeness (QED) is 0.720. The second kappa shape index (κ2) is 7.53. The van der Waals surface area contributed by atoms with Crippen LogP contribution in [0.25, 0.3) is 5.95 Å². The van der Waals surface area contributed by atoms with Crippen LogP contribution in [0.4, 0.5) is 5.82 Å². The first kappa shape index (κ1) is 17.9. The molecular formula is C18H18ClN5O2. The molecular weight excluding hydrogens is 354 g/mol. The summed E-state index contributed by atoms with van der Waals surface area (Å²) in [5.74, 6) is 0.275. The molecule has 7 nitrogen and oxygen atoms in total. The summed E-state index contributed by atoms with van der Waals surface area (Å²) in [6.07, 6.45) is 1.54. The van der Waals surface area contributed by atoms with Gasteiger partial charge < -0.3 is 5.32 Å². The molecule has 3 aromatic rings. The molecule has 0 atom stereocenters. The topological polar surface area (TPSA) is 92.7 Å². The number of hydrogen-bond acceptors (Lipinski definition) is 4. The first-order valence-electron chi connectivity index (χ1n) is 8.21. The van der Waals surface area contributed by atoms with Crippen molar-refractivity contribution in [3.05, 3.63) is 68.7 Å². The molecule has 26 heavy (non-hydrogen) atoms. The number of H-pyrrole nitrogens is 1. The molecule has 0 fully saturated rings. The molecule has 134 valence electrons. The second-order valence-electron chi connectivity index (χ2n) is 5.83. The molecule has 2 aromatic heterocycles. The molecule has 0 spiro atoms. The number of benzene rings is 1. The van der Waals surface area contributed by atoms with E-state index in [9.17, 15) is 9.59 Å². The van der Waals surface area contributed by atoms with Crippen molar-refractivity contribution in [1.82, 2.24) is 19.7 Å². The second-order valence-corrected chi connectivity index (χ2v) is 6.23. The fraction of sp³-hybridized carbons (Fsp3) is 0.222. The highest BCUT2D eigenvalue weighted by molar-refractivity contribution is 6.34. The molecule has 2 heterocycles. The van der Waals surface area contributed by atoms with E-state index in [0.29, 0.717) is 34.2 Å². The number of nitrogens with one attached hydrogen (secondary N) is 2. The Kier molecular flexibility index (Phi) is 5.18. The summed E-state index contributed by atoms with van der Waals surface area (Å²) in [4.78, 5) is 31.5. The molecule has 0 aliphatic rings. The molecule has 0 radical (unpaired) electrons. The highest BCUT2D eigenvalue weighted by Gasteiger charge is 2.16. The predicted octanol–water partition coefficient (Wildman–Crippen LogP) is 3.12. The Bertz CT molecular complexity index is 1010. The van der Waals surface area contributed by atoms with E-state index in [-0.39, 0.29) is 17.4 Å². The summed E-state index contributed by atoms with van der Waals surface area (Å²) in [6, 6.07) is 9.92. The van der Waals surface area contributed by atoms with Gasteiger partial charge in [-0.3, -0.25) is 14.6 Å². The number of aromatic amines is 1. The molecule has 0 bridgehead atoms. The van der Waals surface area contributed by atoms with Gasteiger partial charge >= 0.3 is 0 Å². The number of nitrogens with zero attached hydrogens (tertiary/aromatic N) is 3. The number of anilines is 1. The summed E-state index contributed by atoms with van der Waals surface area (Å²) >= 11 is 6.08. The minimum atomic E-state index is -0.371. The van der Waals surface area contributed by atoms with Crippen LogP contribution in [0.1, 0.15) is 35.1 Å². The van der Waals surface area contributed by atoms with Crippen molar-refractivity contribution in [2.75, 3.05) is 5.32 Å². The van der Waals surface area contributed by atoms with E-state index in [1.807, 2.05) is 6.92 Å². The van der Waals surface area contributed by atoms with E-state index in [0.717, 1.165) is 6.42 Å². The summed E-state index contributed by atoms with van der Waals surface area (Å²) in [7, 11) is 0. The molecule has 2 N–H and O–H groups in total. The van der Waals surface area contributed by atoms with Crippen molar-refractivity contribution in [2.45, 2.75) is 26.7 Å². The van der Waals surface area contributed by atoms with Crippen LogP contribution < -0.4 is 10.9 Å². The summed E-state index contributed by atoms with van der Waals surface area (Å²) in [5.41, 5.74) is 1.42. The number of hydrogen-bond donors (Lipinski definition) is 2. The fourth-order valence-electron chi connectivity index (χ4n) is 2.56. The van der Waals surface area contributed by atoms with Crippen LogP contribution in [0, 0.1) is 6.92 Å². The van der Waals surface area contributed by atoms with Crippen molar-refractivity contribution in [3.63, 3.8) is 0 Å². The number of carbonyl (C=O) groups excluding carboxylic acids is 1. The lowest BCUT2D eigenvalue weighted by Crippen LogP contribution is -2.19. The molecule has 0 unspecified atom stereocenters. The third-order valence-corrected chi connectivity index (χ3v) is 4.01. The smallest absolute Gasteiger partial charge is 0.258 e. The molecule has 0 saturated carbocycles. The van der Waals surface area contributed by atoms with Crippen LogP contribution in [-0.2, 0) is 6.42 Å². The van der Waals surface area contributed by atoms with Crippen molar-refractivity contribution in [2.24, 2.45) is 0 Å². The lowest BCUT2D eigenvalue weighted by Gasteiger charge is -2.09.